The van der Waals surface area contributed by atoms with Crippen molar-refractivity contribution in [3.63, 3.8) is 0 Å². The number of hydrogen-bond donors (Lipinski definition) is 1. The SMILES string of the molecule is COC(=O)/C=C/c1ccc(OC(=O)/C=C/c2ccc(C(=O)NC3CC3)cc2)c(OC)c1. The van der Waals surface area contributed by atoms with Crippen molar-refractivity contribution in [1.29, 1.82) is 0 Å². The highest BCUT2D eigenvalue weighted by atomic mass is 16.6. The molecular formula is C24H23NO6. The molecule has 1 amide bonds. The van der Waals surface area contributed by atoms with Crippen molar-refractivity contribution in [2.24, 2.45) is 0 Å². The lowest BCUT2D eigenvalue weighted by atomic mass is 10.1. The standard InChI is InChI=1S/C24H23NO6/c1-29-21-15-17(7-13-22(26)30-2)5-12-20(21)31-23(27)14-6-16-3-8-18(9-4-16)24(28)25-19-10-11-19/h3-9,12-15,19H,10-11H2,1-2H3,(H,25,28)/b13-7+,14-6+. The lowest BCUT2D eigenvalue weighted by Crippen LogP contribution is -2.25. The number of ether oxygens (including phenoxy) is 3. The van der Waals surface area contributed by atoms with E-state index in [4.69, 9.17) is 9.47 Å². The van der Waals surface area contributed by atoms with Crippen molar-refractivity contribution in [3.05, 3.63) is 71.3 Å². The van der Waals surface area contributed by atoms with E-state index in [1.54, 1.807) is 54.6 Å². The second-order valence-electron chi connectivity index (χ2n) is 6.89. The van der Waals surface area contributed by atoms with Crippen molar-refractivity contribution in [2.75, 3.05) is 14.2 Å². The van der Waals surface area contributed by atoms with Gasteiger partial charge in [0.05, 0.1) is 14.2 Å². The maximum Gasteiger partial charge on any atom is 0.336 e. The van der Waals surface area contributed by atoms with Gasteiger partial charge in [0.25, 0.3) is 5.91 Å². The summed E-state index contributed by atoms with van der Waals surface area (Å²) >= 11 is 0. The van der Waals surface area contributed by atoms with Crippen molar-refractivity contribution in [1.82, 2.24) is 5.32 Å². The van der Waals surface area contributed by atoms with Crippen LogP contribution in [0.5, 0.6) is 11.5 Å². The van der Waals surface area contributed by atoms with Gasteiger partial charge in [0.15, 0.2) is 11.5 Å². The minimum atomic E-state index is -0.577. The highest BCUT2D eigenvalue weighted by Gasteiger charge is 2.23. The summed E-state index contributed by atoms with van der Waals surface area (Å²) in [4.78, 5) is 35.4. The Bertz CT molecular complexity index is 1020. The molecule has 1 N–H and O–H groups in total. The molecule has 1 aliphatic rings. The van der Waals surface area contributed by atoms with Crippen molar-refractivity contribution in [3.8, 4) is 11.5 Å². The molecule has 0 spiro atoms. The van der Waals surface area contributed by atoms with Gasteiger partial charge in [-0.2, -0.15) is 0 Å². The van der Waals surface area contributed by atoms with Crippen LogP contribution in [0.2, 0.25) is 0 Å². The van der Waals surface area contributed by atoms with Crippen LogP contribution in [0.15, 0.2) is 54.6 Å². The van der Waals surface area contributed by atoms with Crippen LogP contribution in [0.25, 0.3) is 12.2 Å². The van der Waals surface area contributed by atoms with Crippen LogP contribution in [0.3, 0.4) is 0 Å². The first-order valence-corrected chi connectivity index (χ1v) is 9.73. The summed E-state index contributed by atoms with van der Waals surface area (Å²) in [6.45, 7) is 0. The fourth-order valence-corrected chi connectivity index (χ4v) is 2.65. The molecule has 160 valence electrons. The molecule has 0 unspecified atom stereocenters. The molecule has 0 bridgehead atoms. The lowest BCUT2D eigenvalue weighted by Gasteiger charge is -2.08. The van der Waals surface area contributed by atoms with E-state index in [1.807, 2.05) is 0 Å². The van der Waals surface area contributed by atoms with Gasteiger partial charge in [0, 0.05) is 23.8 Å². The smallest absolute Gasteiger partial charge is 0.336 e. The molecule has 0 radical (unpaired) electrons. The number of nitrogens with one attached hydrogen (secondary N) is 1. The molecule has 1 fully saturated rings. The van der Waals surface area contributed by atoms with E-state index in [1.165, 1.54) is 26.4 Å². The lowest BCUT2D eigenvalue weighted by molar-refractivity contribution is -0.134. The zero-order chi connectivity index (χ0) is 22.2. The van der Waals surface area contributed by atoms with Gasteiger partial charge in [0.1, 0.15) is 0 Å². The molecule has 7 nitrogen and oxygen atoms in total. The van der Waals surface area contributed by atoms with Gasteiger partial charge in [-0.05, 0) is 60.4 Å². The average molecular weight is 421 g/mol. The fraction of sp³-hybridized carbons (Fsp3) is 0.208. The Labute approximate surface area is 180 Å². The number of hydrogen-bond acceptors (Lipinski definition) is 6. The van der Waals surface area contributed by atoms with Gasteiger partial charge < -0.3 is 19.5 Å². The summed E-state index contributed by atoms with van der Waals surface area (Å²) in [5, 5.41) is 2.93. The van der Waals surface area contributed by atoms with Crippen LogP contribution >= 0.6 is 0 Å². The topological polar surface area (TPSA) is 90.9 Å². The average Bonchev–Trinajstić information content (AvgIpc) is 3.61. The number of amides is 1. The second-order valence-corrected chi connectivity index (χ2v) is 6.89. The van der Waals surface area contributed by atoms with E-state index in [0.717, 1.165) is 18.4 Å². The van der Waals surface area contributed by atoms with Crippen LogP contribution in [-0.2, 0) is 14.3 Å². The number of methoxy groups -OCH3 is 2. The minimum Gasteiger partial charge on any atom is -0.493 e. The Hall–Kier alpha value is -3.87. The third-order valence-electron chi connectivity index (χ3n) is 4.51. The summed E-state index contributed by atoms with van der Waals surface area (Å²) in [5.41, 5.74) is 2.02. The summed E-state index contributed by atoms with van der Waals surface area (Å²) in [6.07, 6.45) is 7.81. The molecule has 31 heavy (non-hydrogen) atoms. The monoisotopic (exact) mass is 421 g/mol. The maximum atomic E-state index is 12.2. The van der Waals surface area contributed by atoms with Crippen LogP contribution in [0.1, 0.15) is 34.3 Å². The van der Waals surface area contributed by atoms with Gasteiger partial charge in [-0.25, -0.2) is 9.59 Å². The number of rotatable bonds is 8. The van der Waals surface area contributed by atoms with E-state index >= 15 is 0 Å². The van der Waals surface area contributed by atoms with Crippen molar-refractivity contribution >= 4 is 30.0 Å². The molecule has 1 saturated carbocycles. The van der Waals surface area contributed by atoms with Crippen LogP contribution in [0.4, 0.5) is 0 Å². The predicted molar refractivity (Wildman–Crippen MR) is 116 cm³/mol. The Morgan fingerprint density at radius 1 is 0.871 bits per heavy atom. The van der Waals surface area contributed by atoms with Crippen LogP contribution < -0.4 is 14.8 Å². The highest BCUT2D eigenvalue weighted by molar-refractivity contribution is 5.95. The molecule has 2 aromatic carbocycles. The largest absolute Gasteiger partial charge is 0.493 e. The van der Waals surface area contributed by atoms with Gasteiger partial charge in [-0.15, -0.1) is 0 Å². The van der Waals surface area contributed by atoms with E-state index < -0.39 is 11.9 Å². The Morgan fingerprint density at radius 2 is 1.52 bits per heavy atom. The number of carbonyl (C=O) groups is 3. The van der Waals surface area contributed by atoms with E-state index in [9.17, 15) is 14.4 Å². The first kappa shape index (κ1) is 21.8. The predicted octanol–water partition coefficient (Wildman–Crippen LogP) is 3.39. The number of esters is 2. The molecule has 3 rings (SSSR count). The summed E-state index contributed by atoms with van der Waals surface area (Å²) < 4.78 is 15.2. The van der Waals surface area contributed by atoms with Crippen molar-refractivity contribution in [2.45, 2.75) is 18.9 Å². The van der Waals surface area contributed by atoms with Gasteiger partial charge >= 0.3 is 11.9 Å². The minimum absolute atomic E-state index is 0.0885. The molecule has 0 heterocycles. The molecule has 0 saturated heterocycles. The van der Waals surface area contributed by atoms with Gasteiger partial charge in [-0.1, -0.05) is 18.2 Å². The molecule has 0 aliphatic heterocycles. The molecule has 1 aliphatic carbocycles. The number of benzene rings is 2. The Kier molecular flexibility index (Phi) is 7.22. The molecule has 7 heteroatoms. The molecular weight excluding hydrogens is 398 g/mol. The van der Waals surface area contributed by atoms with Gasteiger partial charge in [-0.3, -0.25) is 4.79 Å². The first-order chi connectivity index (χ1) is 15.0. The maximum absolute atomic E-state index is 12.2. The Balaban J connectivity index is 1.60. The summed E-state index contributed by atoms with van der Waals surface area (Å²) in [6, 6.07) is 12.1. The third kappa shape index (κ3) is 6.57. The summed E-state index contributed by atoms with van der Waals surface area (Å²) in [5.74, 6) is -0.545. The zero-order valence-electron chi connectivity index (χ0n) is 17.3. The van der Waals surface area contributed by atoms with Crippen molar-refractivity contribution < 1.29 is 28.6 Å². The molecule has 0 atom stereocenters. The summed E-state index contributed by atoms with van der Waals surface area (Å²) in [7, 11) is 2.75. The van der Waals surface area contributed by atoms with Gasteiger partial charge in [0.2, 0.25) is 0 Å². The highest BCUT2D eigenvalue weighted by Crippen LogP contribution is 2.29. The van der Waals surface area contributed by atoms with Crippen LogP contribution in [0, 0.1) is 0 Å². The molecule has 0 aromatic heterocycles. The second kappa shape index (κ2) is 10.2. The number of carbonyl (C=O) groups excluding carboxylic acids is 3. The Morgan fingerprint density at radius 3 is 2.16 bits per heavy atom. The zero-order valence-corrected chi connectivity index (χ0v) is 17.3. The normalized spacial score (nSPS) is 13.2. The van der Waals surface area contributed by atoms with E-state index in [2.05, 4.69) is 10.1 Å². The third-order valence-corrected chi connectivity index (χ3v) is 4.51. The quantitative estimate of drug-likeness (QED) is 0.399. The van der Waals surface area contributed by atoms with Crippen LogP contribution in [-0.4, -0.2) is 38.1 Å². The first-order valence-electron chi connectivity index (χ1n) is 9.73. The fourth-order valence-electron chi connectivity index (χ4n) is 2.65. The molecule has 2 aromatic rings. The van der Waals surface area contributed by atoms with E-state index in [-0.39, 0.29) is 11.7 Å². The van der Waals surface area contributed by atoms with E-state index in [0.29, 0.717) is 22.9 Å².